The molecular formula is C17H21ClN4O2. The van der Waals surface area contributed by atoms with E-state index < -0.39 is 0 Å². The van der Waals surface area contributed by atoms with Crippen LogP contribution >= 0.6 is 11.6 Å². The number of aryl methyl sites for hydroxylation is 1. The summed E-state index contributed by atoms with van der Waals surface area (Å²) >= 11 is 6.15. The van der Waals surface area contributed by atoms with Crippen molar-refractivity contribution >= 4 is 28.9 Å². The van der Waals surface area contributed by atoms with E-state index in [2.05, 4.69) is 20.2 Å². The van der Waals surface area contributed by atoms with Crippen molar-refractivity contribution in [3.05, 3.63) is 29.0 Å². The molecule has 0 amide bonds. The molecule has 3 rings (SSSR count). The quantitative estimate of drug-likeness (QED) is 0.886. The summed E-state index contributed by atoms with van der Waals surface area (Å²) in [5.74, 6) is 3.58. The maximum absolute atomic E-state index is 6.15. The Morgan fingerprint density at radius 2 is 1.75 bits per heavy atom. The van der Waals surface area contributed by atoms with Gasteiger partial charge in [-0.1, -0.05) is 11.6 Å². The first-order chi connectivity index (χ1) is 11.6. The van der Waals surface area contributed by atoms with Crippen LogP contribution in [0.2, 0.25) is 5.02 Å². The number of anilines is 3. The van der Waals surface area contributed by atoms with Gasteiger partial charge in [0.05, 0.1) is 24.9 Å². The second-order valence-corrected chi connectivity index (χ2v) is 6.07. The minimum absolute atomic E-state index is 0.497. The highest BCUT2D eigenvalue weighted by Crippen LogP contribution is 2.37. The van der Waals surface area contributed by atoms with E-state index in [1.807, 2.05) is 13.0 Å². The van der Waals surface area contributed by atoms with Crippen LogP contribution in [0.15, 0.2) is 18.2 Å². The number of benzene rings is 1. The zero-order valence-electron chi connectivity index (χ0n) is 14.1. The van der Waals surface area contributed by atoms with Crippen molar-refractivity contribution in [2.24, 2.45) is 0 Å². The number of rotatable bonds is 5. The largest absolute Gasteiger partial charge is 0.495 e. The molecule has 1 aromatic carbocycles. The Bertz CT molecular complexity index is 733. The van der Waals surface area contributed by atoms with Crippen LogP contribution in [0.3, 0.4) is 0 Å². The SMILES string of the molecule is COc1cc(Nc2cc(N3CCCC3)nc(C)n2)c(OC)cc1Cl. The monoisotopic (exact) mass is 348 g/mol. The van der Waals surface area contributed by atoms with Crippen LogP contribution in [0, 0.1) is 6.92 Å². The number of aromatic nitrogens is 2. The Labute approximate surface area is 146 Å². The molecule has 1 saturated heterocycles. The zero-order valence-corrected chi connectivity index (χ0v) is 14.9. The van der Waals surface area contributed by atoms with Gasteiger partial charge in [0.1, 0.15) is 29.0 Å². The van der Waals surface area contributed by atoms with E-state index in [1.165, 1.54) is 12.8 Å². The molecule has 0 radical (unpaired) electrons. The average Bonchev–Trinajstić information content (AvgIpc) is 3.10. The molecule has 1 aliphatic heterocycles. The number of nitrogens with zero attached hydrogens (tertiary/aromatic N) is 3. The molecule has 24 heavy (non-hydrogen) atoms. The van der Waals surface area contributed by atoms with Crippen molar-refractivity contribution in [2.75, 3.05) is 37.5 Å². The number of nitrogens with one attached hydrogen (secondary N) is 1. The highest BCUT2D eigenvalue weighted by molar-refractivity contribution is 6.32. The first-order valence-electron chi connectivity index (χ1n) is 7.90. The highest BCUT2D eigenvalue weighted by Gasteiger charge is 2.16. The molecule has 1 aromatic heterocycles. The van der Waals surface area contributed by atoms with E-state index in [-0.39, 0.29) is 0 Å². The molecular weight excluding hydrogens is 328 g/mol. The number of ether oxygens (including phenoxy) is 2. The Balaban J connectivity index is 1.93. The van der Waals surface area contributed by atoms with Crippen molar-refractivity contribution in [1.29, 1.82) is 0 Å². The van der Waals surface area contributed by atoms with Crippen LogP contribution in [-0.4, -0.2) is 37.3 Å². The summed E-state index contributed by atoms with van der Waals surface area (Å²) in [6.07, 6.45) is 2.40. The molecule has 0 bridgehead atoms. The summed E-state index contributed by atoms with van der Waals surface area (Å²) in [5, 5.41) is 3.79. The third-order valence-electron chi connectivity index (χ3n) is 3.99. The number of methoxy groups -OCH3 is 2. The molecule has 0 unspecified atom stereocenters. The Kier molecular flexibility index (Phi) is 4.94. The van der Waals surface area contributed by atoms with E-state index >= 15 is 0 Å². The van der Waals surface area contributed by atoms with Gasteiger partial charge in [-0.15, -0.1) is 0 Å². The summed E-state index contributed by atoms with van der Waals surface area (Å²) in [6, 6.07) is 5.48. The molecule has 128 valence electrons. The second kappa shape index (κ2) is 7.13. The minimum atomic E-state index is 0.497. The van der Waals surface area contributed by atoms with Crippen molar-refractivity contribution in [2.45, 2.75) is 19.8 Å². The van der Waals surface area contributed by atoms with Crippen LogP contribution in [0.4, 0.5) is 17.3 Å². The molecule has 6 nitrogen and oxygen atoms in total. The van der Waals surface area contributed by atoms with Gasteiger partial charge in [0.25, 0.3) is 0 Å². The Hall–Kier alpha value is -2.21. The molecule has 1 N–H and O–H groups in total. The predicted molar refractivity (Wildman–Crippen MR) is 96.1 cm³/mol. The smallest absolute Gasteiger partial charge is 0.144 e. The summed E-state index contributed by atoms with van der Waals surface area (Å²) in [7, 11) is 3.18. The lowest BCUT2D eigenvalue weighted by atomic mass is 10.2. The molecule has 2 heterocycles. The summed E-state index contributed by atoms with van der Waals surface area (Å²) in [6.45, 7) is 3.96. The van der Waals surface area contributed by atoms with Gasteiger partial charge in [0.2, 0.25) is 0 Å². The van der Waals surface area contributed by atoms with Gasteiger partial charge in [0, 0.05) is 31.3 Å². The third kappa shape index (κ3) is 3.48. The van der Waals surface area contributed by atoms with Crippen molar-refractivity contribution < 1.29 is 9.47 Å². The lowest BCUT2D eigenvalue weighted by Crippen LogP contribution is -2.19. The maximum atomic E-state index is 6.15. The lowest BCUT2D eigenvalue weighted by Gasteiger charge is -2.18. The molecule has 1 fully saturated rings. The van der Waals surface area contributed by atoms with Crippen LogP contribution in [-0.2, 0) is 0 Å². The zero-order chi connectivity index (χ0) is 17.1. The van der Waals surface area contributed by atoms with Gasteiger partial charge in [-0.3, -0.25) is 0 Å². The molecule has 0 atom stereocenters. The first-order valence-corrected chi connectivity index (χ1v) is 8.27. The summed E-state index contributed by atoms with van der Waals surface area (Å²) < 4.78 is 10.7. The van der Waals surface area contributed by atoms with Gasteiger partial charge in [0.15, 0.2) is 0 Å². The predicted octanol–water partition coefficient (Wildman–Crippen LogP) is 3.80. The molecule has 1 aliphatic rings. The van der Waals surface area contributed by atoms with Gasteiger partial charge in [-0.2, -0.15) is 0 Å². The van der Waals surface area contributed by atoms with E-state index in [9.17, 15) is 0 Å². The maximum Gasteiger partial charge on any atom is 0.144 e. The molecule has 0 aliphatic carbocycles. The van der Waals surface area contributed by atoms with E-state index in [4.69, 9.17) is 21.1 Å². The standard InChI is InChI=1S/C17H21ClN4O2/c1-11-19-16(10-17(20-11)22-6-4-5-7-22)21-13-9-14(23-2)12(18)8-15(13)24-3/h8-10H,4-7H2,1-3H3,(H,19,20,21). The van der Waals surface area contributed by atoms with Crippen molar-refractivity contribution in [3.63, 3.8) is 0 Å². The van der Waals surface area contributed by atoms with E-state index in [0.29, 0.717) is 22.3 Å². The second-order valence-electron chi connectivity index (χ2n) is 5.66. The fourth-order valence-electron chi connectivity index (χ4n) is 2.82. The van der Waals surface area contributed by atoms with Crippen LogP contribution in [0.5, 0.6) is 11.5 Å². The van der Waals surface area contributed by atoms with Crippen LogP contribution in [0.1, 0.15) is 18.7 Å². The summed E-state index contributed by atoms with van der Waals surface area (Å²) in [4.78, 5) is 11.3. The third-order valence-corrected chi connectivity index (χ3v) is 4.29. The minimum Gasteiger partial charge on any atom is -0.495 e. The Morgan fingerprint density at radius 3 is 2.42 bits per heavy atom. The average molecular weight is 349 g/mol. The van der Waals surface area contributed by atoms with Gasteiger partial charge in [-0.25, -0.2) is 9.97 Å². The first kappa shape index (κ1) is 16.6. The topological polar surface area (TPSA) is 59.5 Å². The molecule has 2 aromatic rings. The lowest BCUT2D eigenvalue weighted by molar-refractivity contribution is 0.405. The fraction of sp³-hybridized carbons (Fsp3) is 0.412. The fourth-order valence-corrected chi connectivity index (χ4v) is 3.05. The highest BCUT2D eigenvalue weighted by atomic mass is 35.5. The normalized spacial score (nSPS) is 13.9. The number of halogens is 1. The van der Waals surface area contributed by atoms with Gasteiger partial charge in [-0.05, 0) is 19.8 Å². The molecule has 7 heteroatoms. The van der Waals surface area contributed by atoms with Crippen molar-refractivity contribution in [3.8, 4) is 11.5 Å². The molecule has 0 spiro atoms. The number of hydrogen-bond donors (Lipinski definition) is 1. The van der Waals surface area contributed by atoms with Crippen LogP contribution in [0.25, 0.3) is 0 Å². The van der Waals surface area contributed by atoms with E-state index in [0.717, 1.165) is 30.4 Å². The van der Waals surface area contributed by atoms with Gasteiger partial charge >= 0.3 is 0 Å². The number of hydrogen-bond acceptors (Lipinski definition) is 6. The van der Waals surface area contributed by atoms with Crippen molar-refractivity contribution in [1.82, 2.24) is 9.97 Å². The van der Waals surface area contributed by atoms with Gasteiger partial charge < -0.3 is 19.7 Å². The Morgan fingerprint density at radius 1 is 1.04 bits per heavy atom. The molecule has 0 saturated carbocycles. The van der Waals surface area contributed by atoms with Crippen LogP contribution < -0.4 is 19.7 Å². The van der Waals surface area contributed by atoms with E-state index in [1.54, 1.807) is 26.4 Å². The summed E-state index contributed by atoms with van der Waals surface area (Å²) in [5.41, 5.74) is 0.740.